The Labute approximate surface area is 128 Å². The number of nitrogens with zero attached hydrogens (tertiary/aromatic N) is 1. The first kappa shape index (κ1) is 13.1. The standard InChI is InChI=1S/C15H10INO3/c1-19-9-6-7-11-13(8-9)17-14(20-15(11)18)10-4-2-3-5-12(10)16/h2-8H,1H3. The average molecular weight is 379 g/mol. The molecule has 100 valence electrons. The summed E-state index contributed by atoms with van der Waals surface area (Å²) in [4.78, 5) is 16.5. The molecule has 0 aliphatic rings. The van der Waals surface area contributed by atoms with Gasteiger partial charge in [0.15, 0.2) is 0 Å². The first-order chi connectivity index (χ1) is 9.69. The van der Waals surface area contributed by atoms with E-state index in [1.54, 1.807) is 25.3 Å². The summed E-state index contributed by atoms with van der Waals surface area (Å²) < 4.78 is 11.5. The Morgan fingerprint density at radius 2 is 2.00 bits per heavy atom. The van der Waals surface area contributed by atoms with Crippen molar-refractivity contribution in [3.05, 3.63) is 56.5 Å². The molecule has 0 amide bonds. The SMILES string of the molecule is COc1ccc2c(=O)oc(-c3ccccc3I)nc2c1. The summed E-state index contributed by atoms with van der Waals surface area (Å²) in [6.45, 7) is 0. The fourth-order valence-electron chi connectivity index (χ4n) is 1.93. The highest BCUT2D eigenvalue weighted by Crippen LogP contribution is 2.25. The molecule has 0 unspecified atom stereocenters. The molecule has 2 aromatic carbocycles. The first-order valence-electron chi connectivity index (χ1n) is 5.93. The second-order valence-corrected chi connectivity index (χ2v) is 5.33. The average Bonchev–Trinajstić information content (AvgIpc) is 2.47. The minimum absolute atomic E-state index is 0.320. The lowest BCUT2D eigenvalue weighted by atomic mass is 10.2. The third kappa shape index (κ3) is 2.29. The van der Waals surface area contributed by atoms with Gasteiger partial charge >= 0.3 is 5.63 Å². The quantitative estimate of drug-likeness (QED) is 0.640. The fourth-order valence-corrected chi connectivity index (χ4v) is 2.55. The van der Waals surface area contributed by atoms with E-state index in [4.69, 9.17) is 9.15 Å². The highest BCUT2D eigenvalue weighted by atomic mass is 127. The van der Waals surface area contributed by atoms with Crippen molar-refractivity contribution in [3.63, 3.8) is 0 Å². The molecular formula is C15H10INO3. The lowest BCUT2D eigenvalue weighted by Gasteiger charge is -2.05. The summed E-state index contributed by atoms with van der Waals surface area (Å²) in [5.41, 5.74) is 0.970. The van der Waals surface area contributed by atoms with Crippen LogP contribution in [0.5, 0.6) is 5.75 Å². The Bertz CT molecular complexity index is 842. The van der Waals surface area contributed by atoms with Crippen molar-refractivity contribution < 1.29 is 9.15 Å². The molecule has 3 rings (SSSR count). The van der Waals surface area contributed by atoms with Gasteiger partial charge in [0.2, 0.25) is 5.89 Å². The topological polar surface area (TPSA) is 52.3 Å². The molecule has 0 N–H and O–H groups in total. The van der Waals surface area contributed by atoms with Crippen LogP contribution in [0.3, 0.4) is 0 Å². The van der Waals surface area contributed by atoms with Crippen molar-refractivity contribution in [2.24, 2.45) is 0 Å². The highest BCUT2D eigenvalue weighted by molar-refractivity contribution is 14.1. The Hall–Kier alpha value is -1.89. The van der Waals surface area contributed by atoms with Crippen LogP contribution in [0.2, 0.25) is 0 Å². The molecule has 0 bridgehead atoms. The van der Waals surface area contributed by atoms with Gasteiger partial charge in [-0.2, -0.15) is 0 Å². The second-order valence-electron chi connectivity index (χ2n) is 4.17. The Kier molecular flexibility index (Phi) is 3.43. The van der Waals surface area contributed by atoms with Crippen LogP contribution >= 0.6 is 22.6 Å². The number of ether oxygens (including phenoxy) is 1. The molecule has 0 aliphatic carbocycles. The third-order valence-corrected chi connectivity index (χ3v) is 3.88. The Morgan fingerprint density at radius 1 is 1.20 bits per heavy atom. The van der Waals surface area contributed by atoms with Crippen LogP contribution in [-0.2, 0) is 0 Å². The zero-order valence-corrected chi connectivity index (χ0v) is 12.7. The molecule has 4 nitrogen and oxygen atoms in total. The van der Waals surface area contributed by atoms with E-state index in [2.05, 4.69) is 27.6 Å². The van der Waals surface area contributed by atoms with Crippen molar-refractivity contribution in [1.29, 1.82) is 0 Å². The molecule has 3 aromatic rings. The van der Waals surface area contributed by atoms with E-state index in [1.165, 1.54) is 0 Å². The van der Waals surface area contributed by atoms with Crippen LogP contribution in [0.1, 0.15) is 0 Å². The van der Waals surface area contributed by atoms with Crippen LogP contribution in [0.15, 0.2) is 51.7 Å². The zero-order chi connectivity index (χ0) is 14.1. The predicted molar refractivity (Wildman–Crippen MR) is 85.0 cm³/mol. The summed E-state index contributed by atoms with van der Waals surface area (Å²) in [7, 11) is 1.58. The number of hydrogen-bond donors (Lipinski definition) is 0. The maximum absolute atomic E-state index is 12.0. The molecular weight excluding hydrogens is 369 g/mol. The number of rotatable bonds is 2. The maximum Gasteiger partial charge on any atom is 0.347 e. The lowest BCUT2D eigenvalue weighted by molar-refractivity contribution is 0.415. The first-order valence-corrected chi connectivity index (χ1v) is 7.01. The van der Waals surface area contributed by atoms with E-state index in [1.807, 2.05) is 24.3 Å². The molecule has 0 saturated carbocycles. The summed E-state index contributed by atoms with van der Waals surface area (Å²) in [6.07, 6.45) is 0. The molecule has 0 radical (unpaired) electrons. The molecule has 0 saturated heterocycles. The monoisotopic (exact) mass is 379 g/mol. The van der Waals surface area contributed by atoms with Gasteiger partial charge in [0, 0.05) is 9.64 Å². The molecule has 5 heteroatoms. The van der Waals surface area contributed by atoms with E-state index in [9.17, 15) is 4.79 Å². The lowest BCUT2D eigenvalue weighted by Crippen LogP contribution is -2.03. The van der Waals surface area contributed by atoms with Gasteiger partial charge in [-0.3, -0.25) is 0 Å². The molecule has 0 aliphatic heterocycles. The van der Waals surface area contributed by atoms with Gasteiger partial charge in [0.1, 0.15) is 5.75 Å². The maximum atomic E-state index is 12.0. The van der Waals surface area contributed by atoms with Crippen LogP contribution < -0.4 is 10.4 Å². The van der Waals surface area contributed by atoms with Gasteiger partial charge in [-0.25, -0.2) is 9.78 Å². The number of aromatic nitrogens is 1. The second kappa shape index (κ2) is 5.24. The van der Waals surface area contributed by atoms with Crippen molar-refractivity contribution in [2.75, 3.05) is 7.11 Å². The van der Waals surface area contributed by atoms with Crippen molar-refractivity contribution in [3.8, 4) is 17.2 Å². The molecule has 20 heavy (non-hydrogen) atoms. The van der Waals surface area contributed by atoms with E-state index in [0.717, 1.165) is 9.13 Å². The van der Waals surface area contributed by atoms with E-state index < -0.39 is 5.63 Å². The van der Waals surface area contributed by atoms with Crippen molar-refractivity contribution in [2.45, 2.75) is 0 Å². The van der Waals surface area contributed by atoms with E-state index in [0.29, 0.717) is 22.5 Å². The zero-order valence-electron chi connectivity index (χ0n) is 10.6. The number of halogens is 1. The third-order valence-electron chi connectivity index (χ3n) is 2.94. The summed E-state index contributed by atoms with van der Waals surface area (Å²) in [5, 5.41) is 0.445. The van der Waals surface area contributed by atoms with Gasteiger partial charge < -0.3 is 9.15 Å². The van der Waals surface area contributed by atoms with Crippen molar-refractivity contribution >= 4 is 33.5 Å². The molecule has 0 atom stereocenters. The smallest absolute Gasteiger partial charge is 0.347 e. The fraction of sp³-hybridized carbons (Fsp3) is 0.0667. The van der Waals surface area contributed by atoms with Gasteiger partial charge in [0.05, 0.1) is 23.6 Å². The van der Waals surface area contributed by atoms with E-state index >= 15 is 0 Å². The normalized spacial score (nSPS) is 10.7. The van der Waals surface area contributed by atoms with Gasteiger partial charge in [-0.1, -0.05) is 12.1 Å². The van der Waals surface area contributed by atoms with Crippen molar-refractivity contribution in [1.82, 2.24) is 4.98 Å². The minimum Gasteiger partial charge on any atom is -0.497 e. The summed E-state index contributed by atoms with van der Waals surface area (Å²) in [5.74, 6) is 0.977. The number of fused-ring (bicyclic) bond motifs is 1. The summed E-state index contributed by atoms with van der Waals surface area (Å²) in [6, 6.07) is 12.7. The van der Waals surface area contributed by atoms with Crippen LogP contribution in [0.25, 0.3) is 22.4 Å². The molecule has 0 fully saturated rings. The largest absolute Gasteiger partial charge is 0.497 e. The number of benzene rings is 2. The molecule has 1 aromatic heterocycles. The van der Waals surface area contributed by atoms with Gasteiger partial charge in [-0.05, 0) is 46.9 Å². The highest BCUT2D eigenvalue weighted by Gasteiger charge is 2.11. The molecule has 0 spiro atoms. The van der Waals surface area contributed by atoms with Crippen LogP contribution in [-0.4, -0.2) is 12.1 Å². The molecule has 1 heterocycles. The van der Waals surface area contributed by atoms with Gasteiger partial charge in [-0.15, -0.1) is 0 Å². The van der Waals surface area contributed by atoms with Crippen LogP contribution in [0, 0.1) is 3.57 Å². The number of hydrogen-bond acceptors (Lipinski definition) is 4. The minimum atomic E-state index is -0.396. The summed E-state index contributed by atoms with van der Waals surface area (Å²) >= 11 is 2.19. The number of methoxy groups -OCH3 is 1. The van der Waals surface area contributed by atoms with E-state index in [-0.39, 0.29) is 0 Å². The Balaban J connectivity index is 2.28. The van der Waals surface area contributed by atoms with Gasteiger partial charge in [0.25, 0.3) is 0 Å². The predicted octanol–water partition coefficient (Wildman–Crippen LogP) is 3.47. The van der Waals surface area contributed by atoms with Crippen LogP contribution in [0.4, 0.5) is 0 Å². The Morgan fingerprint density at radius 3 is 2.75 bits per heavy atom.